The lowest BCUT2D eigenvalue weighted by atomic mass is 9.83. The summed E-state index contributed by atoms with van der Waals surface area (Å²) >= 11 is 5.80. The number of rotatable bonds is 2. The molecule has 2 amide bonds. The Morgan fingerprint density at radius 3 is 2.36 bits per heavy atom. The van der Waals surface area contributed by atoms with Gasteiger partial charge in [0.15, 0.2) is 0 Å². The number of thiazole rings is 1. The lowest BCUT2D eigenvalue weighted by Crippen LogP contribution is -2.32. The maximum absolute atomic E-state index is 13.4. The van der Waals surface area contributed by atoms with E-state index >= 15 is 0 Å². The molecule has 2 aliphatic rings. The highest BCUT2D eigenvalue weighted by Crippen LogP contribution is 2.53. The first kappa shape index (κ1) is 17.9. The summed E-state index contributed by atoms with van der Waals surface area (Å²) < 4.78 is 0.879. The van der Waals surface area contributed by atoms with Crippen LogP contribution >= 0.6 is 39.0 Å². The van der Waals surface area contributed by atoms with Gasteiger partial charge in [-0.25, -0.2) is 4.90 Å². The molecule has 2 aliphatic heterocycles. The third kappa shape index (κ3) is 2.70. The molecule has 0 aliphatic carbocycles. The van der Waals surface area contributed by atoms with Gasteiger partial charge in [-0.2, -0.15) is 0 Å². The summed E-state index contributed by atoms with van der Waals surface area (Å²) in [5.41, 5.74) is 1.50. The summed E-state index contributed by atoms with van der Waals surface area (Å²) in [5.74, 6) is -1.31. The van der Waals surface area contributed by atoms with Gasteiger partial charge in [-0.1, -0.05) is 69.4 Å². The van der Waals surface area contributed by atoms with Gasteiger partial charge >= 0.3 is 4.87 Å². The molecule has 3 atom stereocenters. The summed E-state index contributed by atoms with van der Waals surface area (Å²) in [5, 5.41) is 0.142. The van der Waals surface area contributed by atoms with Crippen molar-refractivity contribution in [2.45, 2.75) is 16.2 Å². The van der Waals surface area contributed by atoms with Gasteiger partial charge < -0.3 is 4.98 Å². The Morgan fingerprint density at radius 1 is 0.929 bits per heavy atom. The molecule has 5 nitrogen and oxygen atoms in total. The number of thioether (sulfide) groups is 1. The molecule has 2 aromatic carbocycles. The van der Waals surface area contributed by atoms with E-state index in [0.717, 1.165) is 26.3 Å². The van der Waals surface area contributed by atoms with E-state index in [1.165, 1.54) is 16.7 Å². The van der Waals surface area contributed by atoms with Gasteiger partial charge in [0.25, 0.3) is 0 Å². The Labute approximate surface area is 176 Å². The zero-order chi connectivity index (χ0) is 19.4. The van der Waals surface area contributed by atoms with E-state index in [1.807, 2.05) is 42.5 Å². The SMILES string of the molecule is O=C1C2Sc3[nH]c(=O)sc3[C@H](c3ccccc3)C2C(=O)N1c1ccc(Br)cc1. The van der Waals surface area contributed by atoms with Crippen molar-refractivity contribution in [2.24, 2.45) is 5.92 Å². The van der Waals surface area contributed by atoms with Crippen LogP contribution in [0.2, 0.25) is 0 Å². The van der Waals surface area contributed by atoms with E-state index in [-0.39, 0.29) is 22.6 Å². The average Bonchev–Trinajstić information content (AvgIpc) is 3.18. The van der Waals surface area contributed by atoms with Crippen molar-refractivity contribution in [1.29, 1.82) is 0 Å². The van der Waals surface area contributed by atoms with Crippen LogP contribution in [0.25, 0.3) is 0 Å². The number of hydrogen-bond acceptors (Lipinski definition) is 5. The molecule has 28 heavy (non-hydrogen) atoms. The van der Waals surface area contributed by atoms with E-state index < -0.39 is 11.2 Å². The van der Waals surface area contributed by atoms with Crippen molar-refractivity contribution in [3.63, 3.8) is 0 Å². The number of nitrogens with one attached hydrogen (secondary N) is 1. The van der Waals surface area contributed by atoms with Crippen LogP contribution < -0.4 is 9.77 Å². The van der Waals surface area contributed by atoms with Crippen LogP contribution in [-0.2, 0) is 9.59 Å². The number of amides is 2. The molecular formula is C20H13BrN2O3S2. The lowest BCUT2D eigenvalue weighted by Gasteiger charge is -2.29. The Bertz CT molecular complexity index is 1140. The third-order valence-corrected chi connectivity index (χ3v) is 8.00. The highest BCUT2D eigenvalue weighted by atomic mass is 79.9. The second kappa shape index (κ2) is 6.72. The number of hydrogen-bond donors (Lipinski definition) is 1. The molecular weight excluding hydrogens is 460 g/mol. The lowest BCUT2D eigenvalue weighted by molar-refractivity contribution is -0.122. The first-order chi connectivity index (χ1) is 13.5. The van der Waals surface area contributed by atoms with Crippen LogP contribution in [0.1, 0.15) is 16.4 Å². The van der Waals surface area contributed by atoms with Crippen LogP contribution in [-0.4, -0.2) is 22.0 Å². The van der Waals surface area contributed by atoms with E-state index in [4.69, 9.17) is 0 Å². The second-order valence-electron chi connectivity index (χ2n) is 6.65. The number of anilines is 1. The number of carbonyl (C=O) groups excluding carboxylic acids is 2. The number of benzene rings is 2. The molecule has 140 valence electrons. The number of aromatic amines is 1. The Balaban J connectivity index is 1.65. The molecule has 0 spiro atoms. The van der Waals surface area contributed by atoms with E-state index in [1.54, 1.807) is 12.1 Å². The summed E-state index contributed by atoms with van der Waals surface area (Å²) in [6.45, 7) is 0. The van der Waals surface area contributed by atoms with Gasteiger partial charge in [0.1, 0.15) is 5.25 Å². The molecule has 0 radical (unpaired) electrons. The molecule has 8 heteroatoms. The number of fused-ring (bicyclic) bond motifs is 2. The van der Waals surface area contributed by atoms with Crippen LogP contribution in [0, 0.1) is 5.92 Å². The van der Waals surface area contributed by atoms with Crippen LogP contribution in [0.4, 0.5) is 5.69 Å². The predicted octanol–water partition coefficient (Wildman–Crippen LogP) is 3.99. The van der Waals surface area contributed by atoms with Crippen LogP contribution in [0.15, 0.2) is 68.9 Å². The summed E-state index contributed by atoms with van der Waals surface area (Å²) in [4.78, 5) is 43.4. The van der Waals surface area contributed by atoms with Gasteiger partial charge in [-0.3, -0.25) is 14.4 Å². The molecule has 1 N–H and O–H groups in total. The summed E-state index contributed by atoms with van der Waals surface area (Å²) in [7, 11) is 0. The topological polar surface area (TPSA) is 70.2 Å². The van der Waals surface area contributed by atoms with Crippen molar-refractivity contribution in [3.05, 3.63) is 79.2 Å². The molecule has 1 aromatic heterocycles. The van der Waals surface area contributed by atoms with Crippen LogP contribution in [0.5, 0.6) is 0 Å². The number of H-pyrrole nitrogens is 1. The minimum absolute atomic E-state index is 0.164. The number of carbonyl (C=O) groups is 2. The molecule has 3 heterocycles. The fourth-order valence-corrected chi connectivity index (χ4v) is 6.66. The Kier molecular flexibility index (Phi) is 4.30. The number of aromatic nitrogens is 1. The molecule has 0 saturated carbocycles. The van der Waals surface area contributed by atoms with Crippen LogP contribution in [0.3, 0.4) is 0 Å². The van der Waals surface area contributed by atoms with Crippen molar-refractivity contribution in [2.75, 3.05) is 4.90 Å². The minimum Gasteiger partial charge on any atom is -0.307 e. The number of halogens is 1. The monoisotopic (exact) mass is 472 g/mol. The molecule has 5 rings (SSSR count). The maximum Gasteiger partial charge on any atom is 0.305 e. The normalized spacial score (nSPS) is 23.6. The summed E-state index contributed by atoms with van der Waals surface area (Å²) in [6, 6.07) is 16.8. The van der Waals surface area contributed by atoms with E-state index in [2.05, 4.69) is 20.9 Å². The smallest absolute Gasteiger partial charge is 0.305 e. The van der Waals surface area contributed by atoms with Gasteiger partial charge in [-0.05, 0) is 29.8 Å². The van der Waals surface area contributed by atoms with Gasteiger partial charge in [0.05, 0.1) is 16.6 Å². The van der Waals surface area contributed by atoms with Gasteiger partial charge in [0, 0.05) is 15.3 Å². The van der Waals surface area contributed by atoms with Gasteiger partial charge in [0.2, 0.25) is 11.8 Å². The fraction of sp³-hybridized carbons (Fsp3) is 0.150. The average molecular weight is 473 g/mol. The molecule has 1 saturated heterocycles. The predicted molar refractivity (Wildman–Crippen MR) is 113 cm³/mol. The number of imide groups is 1. The zero-order valence-corrected chi connectivity index (χ0v) is 17.5. The molecule has 0 bridgehead atoms. The molecule has 1 fully saturated rings. The third-order valence-electron chi connectivity index (χ3n) is 5.07. The minimum atomic E-state index is -0.556. The zero-order valence-electron chi connectivity index (χ0n) is 14.3. The second-order valence-corrected chi connectivity index (χ2v) is 9.73. The standard InChI is InChI=1S/C20H13BrN2O3S2/c21-11-6-8-12(9-7-11)23-18(24)14-13(10-4-2-1-3-5-10)15-17(22-20(26)28-15)27-16(14)19(23)25/h1-9,13-14,16H,(H,22,26)/t13-,14?,16?/m1/s1. The largest absolute Gasteiger partial charge is 0.307 e. The maximum atomic E-state index is 13.4. The first-order valence-electron chi connectivity index (χ1n) is 8.62. The van der Waals surface area contributed by atoms with Crippen molar-refractivity contribution in [3.8, 4) is 0 Å². The van der Waals surface area contributed by atoms with E-state index in [9.17, 15) is 14.4 Å². The van der Waals surface area contributed by atoms with Crippen molar-refractivity contribution in [1.82, 2.24) is 4.98 Å². The highest BCUT2D eigenvalue weighted by molar-refractivity contribution is 9.10. The van der Waals surface area contributed by atoms with Gasteiger partial charge in [-0.15, -0.1) is 0 Å². The molecule has 3 aromatic rings. The summed E-state index contributed by atoms with van der Waals surface area (Å²) in [6.07, 6.45) is 0. The number of nitrogens with zero attached hydrogens (tertiary/aromatic N) is 1. The Hall–Kier alpha value is -2.16. The Morgan fingerprint density at radius 2 is 1.64 bits per heavy atom. The van der Waals surface area contributed by atoms with E-state index in [0.29, 0.717) is 10.7 Å². The highest BCUT2D eigenvalue weighted by Gasteiger charge is 2.56. The molecule has 2 unspecified atom stereocenters. The first-order valence-corrected chi connectivity index (χ1v) is 11.1. The van der Waals surface area contributed by atoms with Crippen molar-refractivity contribution < 1.29 is 9.59 Å². The quantitative estimate of drug-likeness (QED) is 0.572. The fourth-order valence-electron chi connectivity index (χ4n) is 3.88. The van der Waals surface area contributed by atoms with Crippen molar-refractivity contribution >= 4 is 56.5 Å².